The summed E-state index contributed by atoms with van der Waals surface area (Å²) < 4.78 is 13.6. The van der Waals surface area contributed by atoms with Crippen LogP contribution < -0.4 is 5.32 Å². The lowest BCUT2D eigenvalue weighted by molar-refractivity contribution is 0.584. The summed E-state index contributed by atoms with van der Waals surface area (Å²) in [7, 11) is 0. The first kappa shape index (κ1) is 12.6. The first-order valence-electron chi connectivity index (χ1n) is 4.60. The van der Waals surface area contributed by atoms with E-state index in [0.717, 1.165) is 0 Å². The van der Waals surface area contributed by atoms with Gasteiger partial charge in [0.25, 0.3) is 0 Å². The molecule has 0 spiro atoms. The topological polar surface area (TPSA) is 24.9 Å². The number of pyridine rings is 1. The van der Waals surface area contributed by atoms with Crippen LogP contribution in [0.4, 0.5) is 15.8 Å². The highest BCUT2D eigenvalue weighted by Crippen LogP contribution is 2.36. The summed E-state index contributed by atoms with van der Waals surface area (Å²) in [6, 6.07) is 6.41. The van der Waals surface area contributed by atoms with Gasteiger partial charge in [-0.2, -0.15) is 4.39 Å². The van der Waals surface area contributed by atoms with E-state index in [1.54, 1.807) is 18.2 Å². The van der Waals surface area contributed by atoms with Crippen molar-refractivity contribution in [3.05, 3.63) is 50.9 Å². The molecule has 0 aliphatic rings. The Bertz CT molecular complexity index is 563. The molecule has 0 radical (unpaired) electrons. The molecule has 0 saturated heterocycles. The largest absolute Gasteiger partial charge is 0.354 e. The normalized spacial score (nSPS) is 10.4. The summed E-state index contributed by atoms with van der Waals surface area (Å²) in [4.78, 5) is 3.46. The number of rotatable bonds is 2. The maximum atomic E-state index is 12.9. The summed E-state index contributed by atoms with van der Waals surface area (Å²) in [5.41, 5.74) is 1.16. The van der Waals surface area contributed by atoms with Gasteiger partial charge in [0.05, 0.1) is 15.7 Å². The number of anilines is 2. The van der Waals surface area contributed by atoms with Gasteiger partial charge in [-0.15, -0.1) is 0 Å². The molecule has 1 N–H and O–H groups in total. The molecule has 2 nitrogen and oxygen atoms in total. The number of aromatic nitrogens is 1. The van der Waals surface area contributed by atoms with Crippen LogP contribution in [0.15, 0.2) is 34.9 Å². The highest BCUT2D eigenvalue weighted by Gasteiger charge is 2.08. The van der Waals surface area contributed by atoms with Crippen LogP contribution in [0, 0.1) is 5.95 Å². The summed E-state index contributed by atoms with van der Waals surface area (Å²) in [6.07, 6.45) is 1.37. The standard InChI is InChI=1S/C11H6BrCl2FN2/c12-7-1-2-8(11(14)10(7)13)17-6-3-4-16-9(15)5-6/h1-5H,(H,16,17). The second-order valence-electron chi connectivity index (χ2n) is 3.22. The lowest BCUT2D eigenvalue weighted by Gasteiger charge is -2.10. The van der Waals surface area contributed by atoms with Crippen LogP contribution in [0.25, 0.3) is 0 Å². The third kappa shape index (κ3) is 2.89. The Balaban J connectivity index is 2.34. The van der Waals surface area contributed by atoms with Crippen LogP contribution in [-0.4, -0.2) is 4.98 Å². The molecule has 0 saturated carbocycles. The van der Waals surface area contributed by atoms with Crippen LogP contribution >= 0.6 is 39.1 Å². The van der Waals surface area contributed by atoms with Crippen molar-refractivity contribution in [1.82, 2.24) is 4.98 Å². The van der Waals surface area contributed by atoms with E-state index in [2.05, 4.69) is 26.2 Å². The number of nitrogens with one attached hydrogen (secondary N) is 1. The molecule has 2 aromatic rings. The van der Waals surface area contributed by atoms with Gasteiger partial charge in [0, 0.05) is 22.4 Å². The number of nitrogens with zero attached hydrogens (tertiary/aromatic N) is 1. The van der Waals surface area contributed by atoms with Gasteiger partial charge in [-0.3, -0.25) is 0 Å². The molecule has 0 atom stereocenters. The van der Waals surface area contributed by atoms with Gasteiger partial charge in [-0.05, 0) is 34.1 Å². The Kier molecular flexibility index (Phi) is 3.86. The molecule has 0 aliphatic heterocycles. The Morgan fingerprint density at radius 3 is 2.65 bits per heavy atom. The zero-order valence-corrected chi connectivity index (χ0v) is 11.4. The average Bonchev–Trinajstić information content (AvgIpc) is 2.30. The molecule has 0 amide bonds. The first-order chi connectivity index (χ1) is 8.08. The van der Waals surface area contributed by atoms with Crippen LogP contribution in [0.5, 0.6) is 0 Å². The fourth-order valence-electron chi connectivity index (χ4n) is 1.26. The van der Waals surface area contributed by atoms with Crippen molar-refractivity contribution in [1.29, 1.82) is 0 Å². The quantitative estimate of drug-likeness (QED) is 0.614. The molecule has 0 bridgehead atoms. The molecule has 1 aromatic heterocycles. The number of hydrogen-bond donors (Lipinski definition) is 1. The molecule has 1 heterocycles. The zero-order chi connectivity index (χ0) is 12.4. The van der Waals surface area contributed by atoms with E-state index in [1.165, 1.54) is 12.3 Å². The Hall–Kier alpha value is -0.840. The van der Waals surface area contributed by atoms with Gasteiger partial charge in [0.1, 0.15) is 0 Å². The molecular weight excluding hydrogens is 330 g/mol. The first-order valence-corrected chi connectivity index (χ1v) is 6.15. The van der Waals surface area contributed by atoms with Gasteiger partial charge in [0.2, 0.25) is 5.95 Å². The number of hydrogen-bond acceptors (Lipinski definition) is 2. The zero-order valence-electron chi connectivity index (χ0n) is 8.35. The lowest BCUT2D eigenvalue weighted by atomic mass is 10.3. The van der Waals surface area contributed by atoms with Gasteiger partial charge < -0.3 is 5.32 Å². The smallest absolute Gasteiger partial charge is 0.214 e. The van der Waals surface area contributed by atoms with Crippen molar-refractivity contribution >= 4 is 50.5 Å². The fraction of sp³-hybridized carbons (Fsp3) is 0. The van der Waals surface area contributed by atoms with E-state index in [-0.39, 0.29) is 0 Å². The predicted molar refractivity (Wildman–Crippen MR) is 71.6 cm³/mol. The minimum absolute atomic E-state index is 0.373. The second-order valence-corrected chi connectivity index (χ2v) is 4.83. The van der Waals surface area contributed by atoms with Crippen LogP contribution in [0.1, 0.15) is 0 Å². The number of halogens is 4. The van der Waals surface area contributed by atoms with E-state index in [4.69, 9.17) is 23.2 Å². The molecule has 17 heavy (non-hydrogen) atoms. The van der Waals surface area contributed by atoms with Crippen LogP contribution in [0.3, 0.4) is 0 Å². The van der Waals surface area contributed by atoms with Crippen molar-refractivity contribution in [2.45, 2.75) is 0 Å². The van der Waals surface area contributed by atoms with E-state index >= 15 is 0 Å². The molecule has 0 aliphatic carbocycles. The fourth-order valence-corrected chi connectivity index (χ4v) is 2.08. The summed E-state index contributed by atoms with van der Waals surface area (Å²) in [6.45, 7) is 0. The highest BCUT2D eigenvalue weighted by atomic mass is 79.9. The van der Waals surface area contributed by atoms with Gasteiger partial charge in [-0.25, -0.2) is 4.98 Å². The maximum absolute atomic E-state index is 12.9. The van der Waals surface area contributed by atoms with Crippen molar-refractivity contribution < 1.29 is 4.39 Å². The molecule has 2 rings (SSSR count). The monoisotopic (exact) mass is 334 g/mol. The molecular formula is C11H6BrCl2FN2. The molecule has 6 heteroatoms. The van der Waals surface area contributed by atoms with E-state index in [9.17, 15) is 4.39 Å². The van der Waals surface area contributed by atoms with E-state index < -0.39 is 5.95 Å². The molecule has 0 unspecified atom stereocenters. The average molecular weight is 336 g/mol. The third-order valence-electron chi connectivity index (χ3n) is 2.04. The minimum Gasteiger partial charge on any atom is -0.354 e. The Morgan fingerprint density at radius 2 is 1.94 bits per heavy atom. The number of benzene rings is 1. The summed E-state index contributed by atoms with van der Waals surface area (Å²) in [5, 5.41) is 3.75. The van der Waals surface area contributed by atoms with Crippen LogP contribution in [0.2, 0.25) is 10.0 Å². The minimum atomic E-state index is -0.561. The van der Waals surface area contributed by atoms with Gasteiger partial charge in [-0.1, -0.05) is 23.2 Å². The van der Waals surface area contributed by atoms with Crippen LogP contribution in [-0.2, 0) is 0 Å². The van der Waals surface area contributed by atoms with Gasteiger partial charge >= 0.3 is 0 Å². The summed E-state index contributed by atoms with van der Waals surface area (Å²) >= 11 is 15.3. The third-order valence-corrected chi connectivity index (χ3v) is 3.81. The molecule has 88 valence electrons. The highest BCUT2D eigenvalue weighted by molar-refractivity contribution is 9.10. The Labute approximate surface area is 116 Å². The van der Waals surface area contributed by atoms with Crippen molar-refractivity contribution in [3.8, 4) is 0 Å². The maximum Gasteiger partial charge on any atom is 0.214 e. The van der Waals surface area contributed by atoms with Gasteiger partial charge in [0.15, 0.2) is 0 Å². The van der Waals surface area contributed by atoms with Crippen molar-refractivity contribution in [2.75, 3.05) is 5.32 Å². The van der Waals surface area contributed by atoms with E-state index in [1.807, 2.05) is 0 Å². The molecule has 1 aromatic carbocycles. The van der Waals surface area contributed by atoms with Crippen molar-refractivity contribution in [2.24, 2.45) is 0 Å². The SMILES string of the molecule is Fc1cc(Nc2ccc(Br)c(Cl)c2Cl)ccn1. The summed E-state index contributed by atoms with van der Waals surface area (Å²) in [5.74, 6) is -0.561. The lowest BCUT2D eigenvalue weighted by Crippen LogP contribution is -1.93. The van der Waals surface area contributed by atoms with Crippen molar-refractivity contribution in [3.63, 3.8) is 0 Å². The predicted octanol–water partition coefficient (Wildman–Crippen LogP) is 5.03. The second kappa shape index (κ2) is 5.21. The molecule has 0 fully saturated rings. The Morgan fingerprint density at radius 1 is 1.18 bits per heavy atom. The van der Waals surface area contributed by atoms with E-state index in [0.29, 0.717) is 25.9 Å².